The van der Waals surface area contributed by atoms with Crippen LogP contribution in [0.1, 0.15) is 11.1 Å². The number of piperazine rings is 2. The molecule has 0 spiro atoms. The summed E-state index contributed by atoms with van der Waals surface area (Å²) >= 11 is 6.06. The molecule has 2 aromatic heterocycles. The predicted molar refractivity (Wildman–Crippen MR) is 124 cm³/mol. The minimum atomic E-state index is -4.50. The lowest BCUT2D eigenvalue weighted by Crippen LogP contribution is -2.52. The summed E-state index contributed by atoms with van der Waals surface area (Å²) in [6, 6.07) is 4.52. The smallest absolute Gasteiger partial charge is 0.354 e. The number of carbonyl (C=O) groups is 1. The van der Waals surface area contributed by atoms with Gasteiger partial charge in [-0.05, 0) is 19.2 Å². The molecule has 2 amide bonds. The number of hydrogen-bond acceptors (Lipinski definition) is 6. The Labute approximate surface area is 201 Å². The highest BCUT2D eigenvalue weighted by Gasteiger charge is 2.32. The van der Waals surface area contributed by atoms with E-state index in [1.165, 1.54) is 0 Å². The molecule has 0 atom stereocenters. The molecule has 2 saturated heterocycles. The minimum absolute atomic E-state index is 0.0549. The van der Waals surface area contributed by atoms with Gasteiger partial charge in [0.05, 0.1) is 10.6 Å². The second-order valence-electron chi connectivity index (χ2n) is 8.44. The van der Waals surface area contributed by atoms with E-state index in [4.69, 9.17) is 11.6 Å². The first-order valence-electron chi connectivity index (χ1n) is 11.1. The van der Waals surface area contributed by atoms with Gasteiger partial charge in [-0.25, -0.2) is 14.8 Å². The van der Waals surface area contributed by atoms with Crippen molar-refractivity contribution in [1.29, 1.82) is 0 Å². The van der Waals surface area contributed by atoms with Crippen molar-refractivity contribution in [2.75, 3.05) is 69.2 Å². The molecule has 0 bridgehead atoms. The van der Waals surface area contributed by atoms with E-state index in [-0.39, 0.29) is 11.1 Å². The van der Waals surface area contributed by atoms with Crippen molar-refractivity contribution in [2.45, 2.75) is 12.7 Å². The van der Waals surface area contributed by atoms with E-state index in [0.717, 1.165) is 49.8 Å². The Balaban J connectivity index is 1.31. The fourth-order valence-corrected chi connectivity index (χ4v) is 4.38. The third-order valence-electron chi connectivity index (χ3n) is 6.12. The minimum Gasteiger partial charge on any atom is -0.354 e. The molecule has 2 aliphatic heterocycles. The van der Waals surface area contributed by atoms with E-state index in [1.54, 1.807) is 16.0 Å². The molecular weight excluding hydrogens is 471 g/mol. The van der Waals surface area contributed by atoms with Gasteiger partial charge in [0.15, 0.2) is 0 Å². The molecule has 0 aliphatic carbocycles. The maximum atomic E-state index is 12.9. The van der Waals surface area contributed by atoms with E-state index in [1.807, 2.05) is 12.1 Å². The van der Waals surface area contributed by atoms with Crippen LogP contribution in [-0.4, -0.2) is 85.2 Å². The van der Waals surface area contributed by atoms with Gasteiger partial charge in [0, 0.05) is 76.9 Å². The van der Waals surface area contributed by atoms with E-state index in [2.05, 4.69) is 32.1 Å². The third-order valence-corrected chi connectivity index (χ3v) is 6.39. The summed E-state index contributed by atoms with van der Waals surface area (Å²) in [5.74, 6) is 1.19. The summed E-state index contributed by atoms with van der Waals surface area (Å²) in [7, 11) is 2.10. The predicted octanol–water partition coefficient (Wildman–Crippen LogP) is 2.93. The zero-order chi connectivity index (χ0) is 24.3. The first-order chi connectivity index (χ1) is 16.2. The Morgan fingerprint density at radius 1 is 1.03 bits per heavy atom. The zero-order valence-corrected chi connectivity index (χ0v) is 19.6. The van der Waals surface area contributed by atoms with E-state index < -0.39 is 11.7 Å². The lowest BCUT2D eigenvalue weighted by Gasteiger charge is -2.36. The molecule has 184 valence electrons. The van der Waals surface area contributed by atoms with E-state index >= 15 is 0 Å². The number of aromatic nitrogens is 2. The summed E-state index contributed by atoms with van der Waals surface area (Å²) in [6.07, 6.45) is -1.95. The van der Waals surface area contributed by atoms with E-state index in [9.17, 15) is 18.0 Å². The number of likely N-dealkylation sites (N-methyl/N-ethyl adjacent to an activating group) is 1. The summed E-state index contributed by atoms with van der Waals surface area (Å²) in [6.45, 7) is 5.71. The summed E-state index contributed by atoms with van der Waals surface area (Å²) in [5.41, 5.74) is 0.0744. The maximum Gasteiger partial charge on any atom is 0.417 e. The maximum absolute atomic E-state index is 12.9. The molecule has 12 heteroatoms. The summed E-state index contributed by atoms with van der Waals surface area (Å²) in [4.78, 5) is 29.2. The van der Waals surface area contributed by atoms with Crippen LogP contribution in [0.25, 0.3) is 0 Å². The van der Waals surface area contributed by atoms with Gasteiger partial charge in [-0.2, -0.15) is 13.2 Å². The molecule has 4 heterocycles. The van der Waals surface area contributed by atoms with Gasteiger partial charge in [-0.15, -0.1) is 0 Å². The Bertz CT molecular complexity index is 1010. The average molecular weight is 498 g/mol. The van der Waals surface area contributed by atoms with Gasteiger partial charge in [0.1, 0.15) is 11.6 Å². The number of rotatable bonds is 4. The molecule has 4 rings (SSSR count). The number of urea groups is 1. The fraction of sp³-hybridized carbons (Fsp3) is 0.500. The molecule has 8 nitrogen and oxygen atoms in total. The second-order valence-corrected chi connectivity index (χ2v) is 8.84. The van der Waals surface area contributed by atoms with Crippen molar-refractivity contribution in [3.8, 4) is 0 Å². The van der Waals surface area contributed by atoms with Crippen molar-refractivity contribution in [3.05, 3.63) is 46.7 Å². The molecule has 0 saturated carbocycles. The highest BCUT2D eigenvalue weighted by atomic mass is 35.5. The Hall–Kier alpha value is -2.79. The highest BCUT2D eigenvalue weighted by molar-refractivity contribution is 6.33. The van der Waals surface area contributed by atoms with Crippen LogP contribution in [0, 0.1) is 0 Å². The molecule has 2 aliphatic rings. The van der Waals surface area contributed by atoms with Gasteiger partial charge >= 0.3 is 12.2 Å². The number of alkyl halides is 3. The number of nitrogens with zero attached hydrogens (tertiary/aromatic N) is 6. The van der Waals surface area contributed by atoms with Gasteiger partial charge in [0.25, 0.3) is 0 Å². The Kier molecular flexibility index (Phi) is 7.32. The third kappa shape index (κ3) is 5.64. The lowest BCUT2D eigenvalue weighted by molar-refractivity contribution is -0.137. The molecule has 2 fully saturated rings. The van der Waals surface area contributed by atoms with Crippen molar-refractivity contribution in [1.82, 2.24) is 25.1 Å². The molecule has 2 aromatic rings. The number of halogens is 4. The number of nitrogens with one attached hydrogen (secondary N) is 1. The number of amides is 2. The Morgan fingerprint density at radius 3 is 2.32 bits per heavy atom. The van der Waals surface area contributed by atoms with Crippen molar-refractivity contribution in [2.24, 2.45) is 0 Å². The molecule has 0 radical (unpaired) electrons. The fourth-order valence-electron chi connectivity index (χ4n) is 4.09. The normalized spacial score (nSPS) is 17.7. The summed E-state index contributed by atoms with van der Waals surface area (Å²) < 4.78 is 38.6. The van der Waals surface area contributed by atoms with Gasteiger partial charge in [0.2, 0.25) is 0 Å². The zero-order valence-electron chi connectivity index (χ0n) is 18.9. The first kappa shape index (κ1) is 24.3. The van der Waals surface area contributed by atoms with Gasteiger partial charge in [-0.3, -0.25) is 0 Å². The molecule has 0 unspecified atom stereocenters. The van der Waals surface area contributed by atoms with Crippen molar-refractivity contribution in [3.63, 3.8) is 0 Å². The van der Waals surface area contributed by atoms with Crippen LogP contribution in [0.3, 0.4) is 0 Å². The standard InChI is InChI=1S/C22H27ClF3N7O/c1-30-5-7-31(8-6-30)19-16(3-2-4-27-19)14-29-21(34)33-11-9-32(10-12-33)20-18(23)13-17(15-28-20)22(24,25)26/h2-4,13,15H,5-12,14H2,1H3,(H,29,34). The molecular formula is C22H27ClF3N7O. The van der Waals surface area contributed by atoms with Crippen LogP contribution in [0.2, 0.25) is 5.02 Å². The highest BCUT2D eigenvalue weighted by Crippen LogP contribution is 2.33. The van der Waals surface area contributed by atoms with Crippen LogP contribution in [0.5, 0.6) is 0 Å². The largest absolute Gasteiger partial charge is 0.417 e. The van der Waals surface area contributed by atoms with Crippen molar-refractivity contribution >= 4 is 29.3 Å². The second kappa shape index (κ2) is 10.2. The summed E-state index contributed by atoms with van der Waals surface area (Å²) in [5, 5.41) is 2.92. The lowest BCUT2D eigenvalue weighted by atomic mass is 10.2. The first-order valence-corrected chi connectivity index (χ1v) is 11.5. The van der Waals surface area contributed by atoms with Gasteiger partial charge < -0.3 is 24.9 Å². The number of pyridine rings is 2. The van der Waals surface area contributed by atoms with Crippen LogP contribution >= 0.6 is 11.6 Å². The van der Waals surface area contributed by atoms with Gasteiger partial charge in [-0.1, -0.05) is 17.7 Å². The average Bonchev–Trinajstić information content (AvgIpc) is 2.83. The SMILES string of the molecule is CN1CCN(c2ncccc2CNC(=O)N2CCN(c3ncc(C(F)(F)F)cc3Cl)CC2)CC1. The van der Waals surface area contributed by atoms with Crippen LogP contribution in [0.4, 0.5) is 29.6 Å². The number of anilines is 2. The number of carbonyl (C=O) groups excluding carboxylic acids is 1. The molecule has 34 heavy (non-hydrogen) atoms. The van der Waals surface area contributed by atoms with Crippen LogP contribution in [-0.2, 0) is 12.7 Å². The molecule has 0 aromatic carbocycles. The van der Waals surface area contributed by atoms with Crippen molar-refractivity contribution < 1.29 is 18.0 Å². The van der Waals surface area contributed by atoms with Crippen LogP contribution < -0.4 is 15.1 Å². The van der Waals surface area contributed by atoms with Crippen LogP contribution in [0.15, 0.2) is 30.6 Å². The topological polar surface area (TPSA) is 67.8 Å². The van der Waals surface area contributed by atoms with E-state index in [0.29, 0.717) is 38.5 Å². The number of hydrogen-bond donors (Lipinski definition) is 1. The monoisotopic (exact) mass is 497 g/mol. The quantitative estimate of drug-likeness (QED) is 0.700. The Morgan fingerprint density at radius 2 is 1.68 bits per heavy atom. The molecule has 1 N–H and O–H groups in total.